The maximum atomic E-state index is 12.8. The first-order chi connectivity index (χ1) is 11.3. The molecule has 24 heavy (non-hydrogen) atoms. The summed E-state index contributed by atoms with van der Waals surface area (Å²) in [5.74, 6) is 0.151. The lowest BCUT2D eigenvalue weighted by atomic mass is 9.97. The molecule has 1 heterocycles. The first kappa shape index (κ1) is 16.2. The van der Waals surface area contributed by atoms with Gasteiger partial charge in [-0.2, -0.15) is 0 Å². The molecule has 0 aliphatic carbocycles. The molecule has 2 aromatic rings. The number of rotatable bonds is 2. The molecule has 3 rings (SSSR count). The lowest BCUT2D eigenvalue weighted by Crippen LogP contribution is -2.25. The van der Waals surface area contributed by atoms with Crippen molar-refractivity contribution >= 4 is 11.8 Å². The Bertz CT molecular complexity index is 800. The van der Waals surface area contributed by atoms with Crippen molar-refractivity contribution < 1.29 is 19.1 Å². The molecule has 0 atom stereocenters. The van der Waals surface area contributed by atoms with Gasteiger partial charge in [0.2, 0.25) is 0 Å². The van der Waals surface area contributed by atoms with Crippen molar-refractivity contribution in [2.24, 2.45) is 0 Å². The highest BCUT2D eigenvalue weighted by Crippen LogP contribution is 2.29. The van der Waals surface area contributed by atoms with Gasteiger partial charge in [0.05, 0.1) is 12.0 Å². The summed E-state index contributed by atoms with van der Waals surface area (Å²) in [5.41, 5.74) is 2.21. The molecule has 0 saturated carbocycles. The summed E-state index contributed by atoms with van der Waals surface area (Å²) in [6, 6.07) is 12.7. The third-order valence-corrected chi connectivity index (χ3v) is 3.70. The van der Waals surface area contributed by atoms with Gasteiger partial charge in [0, 0.05) is 11.1 Å². The Morgan fingerprint density at radius 3 is 2.62 bits per heavy atom. The monoisotopic (exact) mass is 324 g/mol. The van der Waals surface area contributed by atoms with E-state index < -0.39 is 5.60 Å². The minimum atomic E-state index is -0.527. The van der Waals surface area contributed by atoms with Gasteiger partial charge < -0.3 is 9.47 Å². The molecule has 0 bridgehead atoms. The predicted octanol–water partition coefficient (Wildman–Crippen LogP) is 3.69. The van der Waals surface area contributed by atoms with E-state index in [2.05, 4.69) is 0 Å². The van der Waals surface area contributed by atoms with E-state index in [-0.39, 0.29) is 18.2 Å². The van der Waals surface area contributed by atoms with Crippen molar-refractivity contribution in [3.63, 3.8) is 0 Å². The van der Waals surface area contributed by atoms with Crippen LogP contribution in [0.3, 0.4) is 0 Å². The highest BCUT2D eigenvalue weighted by Gasteiger charge is 2.23. The van der Waals surface area contributed by atoms with Crippen LogP contribution < -0.4 is 4.74 Å². The molecule has 0 aromatic heterocycles. The summed E-state index contributed by atoms with van der Waals surface area (Å²) in [7, 11) is 0. The van der Waals surface area contributed by atoms with Crippen molar-refractivity contribution in [1.82, 2.24) is 0 Å². The first-order valence-corrected chi connectivity index (χ1v) is 7.94. The van der Waals surface area contributed by atoms with E-state index in [1.807, 2.05) is 39.0 Å². The standard InChI is InChI=1S/C20H20O4/c1-20(2,3)24-18(21)11-13-8-9-17-16(10-13)19(22)15-7-5-4-6-14(15)12-23-17/h4-10H,11-12H2,1-3H3. The van der Waals surface area contributed by atoms with E-state index in [1.165, 1.54) is 0 Å². The van der Waals surface area contributed by atoms with Crippen molar-refractivity contribution in [2.75, 3.05) is 0 Å². The smallest absolute Gasteiger partial charge is 0.310 e. The summed E-state index contributed by atoms with van der Waals surface area (Å²) in [6.45, 7) is 5.85. The maximum Gasteiger partial charge on any atom is 0.310 e. The van der Waals surface area contributed by atoms with Crippen molar-refractivity contribution in [3.05, 3.63) is 64.7 Å². The van der Waals surface area contributed by atoms with Gasteiger partial charge in [-0.05, 0) is 38.5 Å². The third kappa shape index (κ3) is 3.48. The largest absolute Gasteiger partial charge is 0.488 e. The van der Waals surface area contributed by atoms with Crippen LogP contribution in [0, 0.1) is 0 Å². The molecule has 0 radical (unpaired) electrons. The van der Waals surface area contributed by atoms with Crippen LogP contribution in [0.2, 0.25) is 0 Å². The molecule has 0 amide bonds. The zero-order chi connectivity index (χ0) is 17.3. The summed E-state index contributed by atoms with van der Waals surface area (Å²) in [6.07, 6.45) is 0.124. The highest BCUT2D eigenvalue weighted by molar-refractivity contribution is 6.12. The predicted molar refractivity (Wildman–Crippen MR) is 90.2 cm³/mol. The summed E-state index contributed by atoms with van der Waals surface area (Å²) < 4.78 is 11.1. The van der Waals surface area contributed by atoms with Crippen LogP contribution in [-0.4, -0.2) is 17.4 Å². The molecule has 4 heteroatoms. The van der Waals surface area contributed by atoms with E-state index in [1.54, 1.807) is 24.3 Å². The van der Waals surface area contributed by atoms with Crippen LogP contribution in [0.1, 0.15) is 47.8 Å². The second-order valence-corrected chi connectivity index (χ2v) is 6.87. The van der Waals surface area contributed by atoms with Gasteiger partial charge in [0.25, 0.3) is 0 Å². The average molecular weight is 324 g/mol. The lowest BCUT2D eigenvalue weighted by Gasteiger charge is -2.19. The number of esters is 1. The number of hydrogen-bond acceptors (Lipinski definition) is 4. The SMILES string of the molecule is CC(C)(C)OC(=O)Cc1ccc2c(c1)C(=O)c1ccccc1CO2. The van der Waals surface area contributed by atoms with E-state index in [0.717, 1.165) is 11.1 Å². The lowest BCUT2D eigenvalue weighted by molar-refractivity contribution is -0.153. The molecule has 0 fully saturated rings. The number of hydrogen-bond donors (Lipinski definition) is 0. The first-order valence-electron chi connectivity index (χ1n) is 7.94. The third-order valence-electron chi connectivity index (χ3n) is 3.70. The normalized spacial score (nSPS) is 13.4. The van der Waals surface area contributed by atoms with E-state index in [0.29, 0.717) is 23.5 Å². The summed E-state index contributed by atoms with van der Waals surface area (Å²) >= 11 is 0. The quantitative estimate of drug-likeness (QED) is 0.791. The fraction of sp³-hybridized carbons (Fsp3) is 0.300. The molecular formula is C20H20O4. The second-order valence-electron chi connectivity index (χ2n) is 6.87. The molecule has 2 aromatic carbocycles. The van der Waals surface area contributed by atoms with Gasteiger partial charge in [0.1, 0.15) is 18.0 Å². The van der Waals surface area contributed by atoms with E-state index >= 15 is 0 Å². The molecule has 124 valence electrons. The van der Waals surface area contributed by atoms with E-state index in [9.17, 15) is 9.59 Å². The fourth-order valence-electron chi connectivity index (χ4n) is 2.70. The summed E-state index contributed by atoms with van der Waals surface area (Å²) in [5, 5.41) is 0. The maximum absolute atomic E-state index is 12.8. The van der Waals surface area contributed by atoms with Gasteiger partial charge in [-0.15, -0.1) is 0 Å². The molecule has 0 saturated heterocycles. The molecule has 0 spiro atoms. The van der Waals surface area contributed by atoms with Gasteiger partial charge in [-0.3, -0.25) is 9.59 Å². The Labute approximate surface area is 141 Å². The Morgan fingerprint density at radius 2 is 1.88 bits per heavy atom. The number of carbonyl (C=O) groups excluding carboxylic acids is 2. The Kier molecular flexibility index (Phi) is 4.14. The van der Waals surface area contributed by atoms with Gasteiger partial charge in [-0.1, -0.05) is 30.3 Å². The molecule has 1 aliphatic rings. The molecular weight excluding hydrogens is 304 g/mol. The van der Waals surface area contributed by atoms with Gasteiger partial charge in [-0.25, -0.2) is 0 Å². The van der Waals surface area contributed by atoms with Crippen LogP contribution >= 0.6 is 0 Å². The Hall–Kier alpha value is -2.62. The van der Waals surface area contributed by atoms with Crippen LogP contribution in [0.25, 0.3) is 0 Å². The number of ether oxygens (including phenoxy) is 2. The van der Waals surface area contributed by atoms with Crippen molar-refractivity contribution in [3.8, 4) is 5.75 Å². The van der Waals surface area contributed by atoms with Crippen molar-refractivity contribution in [2.45, 2.75) is 39.4 Å². The summed E-state index contributed by atoms with van der Waals surface area (Å²) in [4.78, 5) is 24.8. The molecule has 4 nitrogen and oxygen atoms in total. The highest BCUT2D eigenvalue weighted by atomic mass is 16.6. The number of fused-ring (bicyclic) bond motifs is 2. The van der Waals surface area contributed by atoms with Crippen LogP contribution in [0.15, 0.2) is 42.5 Å². The number of benzene rings is 2. The second kappa shape index (κ2) is 6.11. The minimum absolute atomic E-state index is 0.0795. The van der Waals surface area contributed by atoms with Crippen LogP contribution in [-0.2, 0) is 22.6 Å². The minimum Gasteiger partial charge on any atom is -0.488 e. The Balaban J connectivity index is 1.89. The number of carbonyl (C=O) groups is 2. The zero-order valence-corrected chi connectivity index (χ0v) is 14.1. The van der Waals surface area contributed by atoms with Crippen LogP contribution in [0.5, 0.6) is 5.75 Å². The number of ketones is 1. The van der Waals surface area contributed by atoms with Gasteiger partial charge in [0.15, 0.2) is 5.78 Å². The fourth-order valence-corrected chi connectivity index (χ4v) is 2.70. The van der Waals surface area contributed by atoms with Gasteiger partial charge >= 0.3 is 5.97 Å². The zero-order valence-electron chi connectivity index (χ0n) is 14.1. The van der Waals surface area contributed by atoms with Crippen molar-refractivity contribution in [1.29, 1.82) is 0 Å². The molecule has 0 unspecified atom stereocenters. The molecule has 0 N–H and O–H groups in total. The Morgan fingerprint density at radius 1 is 1.12 bits per heavy atom. The van der Waals surface area contributed by atoms with Crippen LogP contribution in [0.4, 0.5) is 0 Å². The topological polar surface area (TPSA) is 52.6 Å². The average Bonchev–Trinajstić information content (AvgIpc) is 2.64. The molecule has 1 aliphatic heterocycles. The van der Waals surface area contributed by atoms with E-state index in [4.69, 9.17) is 9.47 Å².